The van der Waals surface area contributed by atoms with Gasteiger partial charge in [0.15, 0.2) is 0 Å². The Morgan fingerprint density at radius 1 is 1.11 bits per heavy atom. The van der Waals surface area contributed by atoms with Gasteiger partial charge in [-0.3, -0.25) is 5.26 Å². The van der Waals surface area contributed by atoms with Crippen molar-refractivity contribution in [2.75, 3.05) is 21.2 Å². The lowest BCUT2D eigenvalue weighted by molar-refractivity contribution is -0.214. The fourth-order valence-corrected chi connectivity index (χ4v) is 1.26. The first-order valence-corrected chi connectivity index (χ1v) is 5.94. The Labute approximate surface area is 114 Å². The van der Waals surface area contributed by atoms with E-state index in [-0.39, 0.29) is 0 Å². The second kappa shape index (κ2) is 10.3. The predicted molar refractivity (Wildman–Crippen MR) is 77.7 cm³/mol. The molecule has 0 aliphatic rings. The highest BCUT2D eigenvalue weighted by Crippen LogP contribution is 2.08. The number of hydrogen-bond donors (Lipinski definition) is 2. The van der Waals surface area contributed by atoms with Crippen LogP contribution in [0.3, 0.4) is 0 Å². The van der Waals surface area contributed by atoms with Gasteiger partial charge >= 0.3 is 0 Å². The molecule has 0 radical (unpaired) electrons. The van der Waals surface area contributed by atoms with Gasteiger partial charge in [0.1, 0.15) is 0 Å². The zero-order valence-corrected chi connectivity index (χ0v) is 12.2. The molecule has 5 nitrogen and oxygen atoms in total. The van der Waals surface area contributed by atoms with Gasteiger partial charge in [-0.05, 0) is 46.1 Å². The van der Waals surface area contributed by atoms with Crippen LogP contribution in [0.5, 0.6) is 0 Å². The van der Waals surface area contributed by atoms with Crippen molar-refractivity contribution in [2.24, 2.45) is 0 Å². The monoisotopic (exact) mass is 265 g/mol. The summed E-state index contributed by atoms with van der Waals surface area (Å²) < 4.78 is 1.88. The SMILES string of the molecule is CNC.COO.Cc1ccc(-n2ccc(C)n2)cc1. The summed E-state index contributed by atoms with van der Waals surface area (Å²) in [5.74, 6) is 0. The van der Waals surface area contributed by atoms with Crippen molar-refractivity contribution in [3.63, 3.8) is 0 Å². The summed E-state index contributed by atoms with van der Waals surface area (Å²) in [6.07, 6.45) is 1.97. The van der Waals surface area contributed by atoms with Crippen LogP contribution >= 0.6 is 0 Å². The molecule has 2 aromatic rings. The molecule has 5 heteroatoms. The molecule has 0 unspecified atom stereocenters. The minimum atomic E-state index is 1.04. The molecule has 0 saturated carbocycles. The van der Waals surface area contributed by atoms with Crippen LogP contribution in [0.25, 0.3) is 5.69 Å². The molecule has 1 aromatic heterocycles. The van der Waals surface area contributed by atoms with Crippen LogP contribution < -0.4 is 5.32 Å². The fraction of sp³-hybridized carbons (Fsp3) is 0.357. The Bertz CT molecular complexity index is 436. The van der Waals surface area contributed by atoms with Crippen LogP contribution in [0.1, 0.15) is 11.3 Å². The molecule has 2 N–H and O–H groups in total. The molecule has 2 rings (SSSR count). The predicted octanol–water partition coefficient (Wildman–Crippen LogP) is 2.43. The third kappa shape index (κ3) is 7.35. The van der Waals surface area contributed by atoms with Crippen molar-refractivity contribution < 1.29 is 10.1 Å². The Kier molecular flexibility index (Phi) is 9.34. The van der Waals surface area contributed by atoms with Gasteiger partial charge in [0, 0.05) is 6.20 Å². The number of benzene rings is 1. The molecule has 0 saturated heterocycles. The van der Waals surface area contributed by atoms with Gasteiger partial charge in [-0.15, -0.1) is 0 Å². The number of aryl methyl sites for hydroxylation is 2. The number of aromatic nitrogens is 2. The molecule has 0 bridgehead atoms. The normalized spacial score (nSPS) is 8.95. The van der Waals surface area contributed by atoms with E-state index in [2.05, 4.69) is 46.5 Å². The van der Waals surface area contributed by atoms with Crippen LogP contribution in [0.15, 0.2) is 36.5 Å². The molecule has 0 amide bonds. The van der Waals surface area contributed by atoms with Gasteiger partial charge in [0.25, 0.3) is 0 Å². The maximum absolute atomic E-state index is 7.07. The molecule has 0 spiro atoms. The molecular formula is C14H23N3O2. The van der Waals surface area contributed by atoms with E-state index in [9.17, 15) is 0 Å². The fourth-order valence-electron chi connectivity index (χ4n) is 1.26. The third-order valence-corrected chi connectivity index (χ3v) is 2.02. The van der Waals surface area contributed by atoms with E-state index in [1.165, 1.54) is 12.7 Å². The molecule has 0 atom stereocenters. The summed E-state index contributed by atoms with van der Waals surface area (Å²) in [5, 5.41) is 14.1. The second-order valence-electron chi connectivity index (χ2n) is 3.92. The van der Waals surface area contributed by atoms with E-state index < -0.39 is 0 Å². The van der Waals surface area contributed by atoms with Gasteiger partial charge in [0.05, 0.1) is 18.5 Å². The van der Waals surface area contributed by atoms with E-state index in [1.54, 1.807) is 0 Å². The topological polar surface area (TPSA) is 59.3 Å². The number of rotatable bonds is 1. The van der Waals surface area contributed by atoms with Crippen LogP contribution in [0.4, 0.5) is 0 Å². The second-order valence-corrected chi connectivity index (χ2v) is 3.92. The van der Waals surface area contributed by atoms with Crippen molar-refractivity contribution in [3.05, 3.63) is 47.8 Å². The van der Waals surface area contributed by atoms with Crippen molar-refractivity contribution in [3.8, 4) is 5.69 Å². The van der Waals surface area contributed by atoms with Crippen molar-refractivity contribution >= 4 is 0 Å². The molecule has 0 fully saturated rings. The highest BCUT2D eigenvalue weighted by molar-refractivity contribution is 5.33. The van der Waals surface area contributed by atoms with Crippen LogP contribution in [-0.2, 0) is 4.89 Å². The smallest absolute Gasteiger partial charge is 0.0710 e. The third-order valence-electron chi connectivity index (χ3n) is 2.02. The van der Waals surface area contributed by atoms with Gasteiger partial charge in [-0.2, -0.15) is 5.10 Å². The molecule has 0 aliphatic carbocycles. The Morgan fingerprint density at radius 2 is 1.58 bits per heavy atom. The zero-order valence-electron chi connectivity index (χ0n) is 12.2. The highest BCUT2D eigenvalue weighted by Gasteiger charge is 1.96. The minimum absolute atomic E-state index is 1.04. The van der Waals surface area contributed by atoms with Crippen LogP contribution in [0.2, 0.25) is 0 Å². The average Bonchev–Trinajstić information content (AvgIpc) is 2.79. The Hall–Kier alpha value is -1.69. The maximum atomic E-state index is 7.07. The largest absolute Gasteiger partial charge is 0.323 e. The summed E-state index contributed by atoms with van der Waals surface area (Å²) >= 11 is 0. The van der Waals surface area contributed by atoms with Crippen molar-refractivity contribution in [1.82, 2.24) is 15.1 Å². The Morgan fingerprint density at radius 3 is 1.95 bits per heavy atom. The summed E-state index contributed by atoms with van der Waals surface area (Å²) in [5.41, 5.74) is 3.42. The lowest BCUT2D eigenvalue weighted by Gasteiger charge is -2.00. The molecule has 19 heavy (non-hydrogen) atoms. The average molecular weight is 265 g/mol. The molecule has 0 aliphatic heterocycles. The standard InChI is InChI=1S/C11H12N2.C2H7N.CH4O2/c1-9-3-5-11(6-4-9)13-8-7-10(2)12-13;2*1-3-2/h3-8H,1-2H3;3H,1-2H3;2H,1H3. The number of nitrogens with zero attached hydrogens (tertiary/aromatic N) is 2. The van der Waals surface area contributed by atoms with Crippen LogP contribution in [-0.4, -0.2) is 36.2 Å². The quantitative estimate of drug-likeness (QED) is 0.614. The van der Waals surface area contributed by atoms with Gasteiger partial charge in [-0.25, -0.2) is 9.57 Å². The van der Waals surface area contributed by atoms with Crippen molar-refractivity contribution in [1.29, 1.82) is 0 Å². The van der Waals surface area contributed by atoms with Gasteiger partial charge in [0.2, 0.25) is 0 Å². The number of hydrogen-bond acceptors (Lipinski definition) is 4. The molecule has 1 heterocycles. The van der Waals surface area contributed by atoms with Gasteiger partial charge < -0.3 is 5.32 Å². The zero-order chi connectivity index (χ0) is 14.7. The summed E-state index contributed by atoms with van der Waals surface area (Å²) in [6, 6.07) is 10.3. The Balaban J connectivity index is 0.000000465. The summed E-state index contributed by atoms with van der Waals surface area (Å²) in [6.45, 7) is 4.07. The minimum Gasteiger partial charge on any atom is -0.323 e. The molecule has 1 aromatic carbocycles. The molecular weight excluding hydrogens is 242 g/mol. The van der Waals surface area contributed by atoms with E-state index in [1.807, 2.05) is 38.0 Å². The van der Waals surface area contributed by atoms with Gasteiger partial charge in [-0.1, -0.05) is 17.7 Å². The summed E-state index contributed by atoms with van der Waals surface area (Å²) in [4.78, 5) is 3.25. The van der Waals surface area contributed by atoms with Crippen molar-refractivity contribution in [2.45, 2.75) is 13.8 Å². The van der Waals surface area contributed by atoms with E-state index in [0.717, 1.165) is 11.4 Å². The first-order chi connectivity index (χ1) is 9.08. The highest BCUT2D eigenvalue weighted by atomic mass is 17.1. The first kappa shape index (κ1) is 17.3. The summed E-state index contributed by atoms with van der Waals surface area (Å²) in [7, 11) is 4.93. The molecule has 106 valence electrons. The first-order valence-electron chi connectivity index (χ1n) is 5.94. The van der Waals surface area contributed by atoms with E-state index in [4.69, 9.17) is 5.26 Å². The van der Waals surface area contributed by atoms with E-state index >= 15 is 0 Å². The maximum Gasteiger partial charge on any atom is 0.0710 e. The van der Waals surface area contributed by atoms with E-state index in [0.29, 0.717) is 0 Å². The lowest BCUT2D eigenvalue weighted by atomic mass is 10.2. The number of nitrogens with one attached hydrogen (secondary N) is 1. The van der Waals surface area contributed by atoms with Crippen LogP contribution in [0, 0.1) is 13.8 Å². The lowest BCUT2D eigenvalue weighted by Crippen LogP contribution is -1.94.